The molecule has 0 radical (unpaired) electrons. The first kappa shape index (κ1) is 22.6. The maximum atomic E-state index is 13.1. The van der Waals surface area contributed by atoms with E-state index in [2.05, 4.69) is 53.2 Å². The molecule has 1 saturated heterocycles. The Labute approximate surface area is 204 Å². The van der Waals surface area contributed by atoms with Gasteiger partial charge in [-0.25, -0.2) is 9.67 Å². The van der Waals surface area contributed by atoms with Crippen molar-refractivity contribution in [1.29, 1.82) is 0 Å². The van der Waals surface area contributed by atoms with Gasteiger partial charge < -0.3 is 4.90 Å². The molecule has 1 aliphatic heterocycles. The van der Waals surface area contributed by atoms with Crippen molar-refractivity contribution in [3.63, 3.8) is 0 Å². The minimum Gasteiger partial charge on any atom is -0.339 e. The predicted molar refractivity (Wildman–Crippen MR) is 136 cm³/mol. The monoisotopic (exact) mass is 473 g/mol. The molecule has 1 aliphatic rings. The number of carbonyl (C=O) groups is 1. The summed E-state index contributed by atoms with van der Waals surface area (Å²) in [6, 6.07) is 18.4. The Balaban J connectivity index is 1.27. The zero-order chi connectivity index (χ0) is 23.7. The number of pyridine rings is 1. The van der Waals surface area contributed by atoms with Crippen LogP contribution in [0, 0.1) is 13.8 Å². The standard InChI is InChI=1S/C27H28ClN5O/c1-19-3-7-22(8-4-19)24-11-12-29-27-26(24)20(2)30-33(27)18-25(34)32-15-13-31(14-16-32)17-21-5-9-23(28)10-6-21/h3-12H,13-18H2,1-2H3. The minimum absolute atomic E-state index is 0.0816. The van der Waals surface area contributed by atoms with Crippen LogP contribution in [0.3, 0.4) is 0 Å². The molecular formula is C27H28ClN5O. The second kappa shape index (κ2) is 9.57. The quantitative estimate of drug-likeness (QED) is 0.421. The molecule has 1 amide bonds. The Morgan fingerprint density at radius 3 is 2.35 bits per heavy atom. The molecule has 0 saturated carbocycles. The highest BCUT2D eigenvalue weighted by atomic mass is 35.5. The number of hydrogen-bond donors (Lipinski definition) is 0. The minimum atomic E-state index is 0.0816. The van der Waals surface area contributed by atoms with Gasteiger partial charge in [-0.05, 0) is 48.7 Å². The molecule has 6 nitrogen and oxygen atoms in total. The number of piperazine rings is 1. The van der Waals surface area contributed by atoms with E-state index in [0.717, 1.165) is 52.5 Å². The van der Waals surface area contributed by atoms with Gasteiger partial charge in [0.1, 0.15) is 6.54 Å². The number of aryl methyl sites for hydroxylation is 2. The summed E-state index contributed by atoms with van der Waals surface area (Å²) in [6.45, 7) is 8.27. The van der Waals surface area contributed by atoms with Gasteiger partial charge in [-0.15, -0.1) is 0 Å². The van der Waals surface area contributed by atoms with E-state index >= 15 is 0 Å². The largest absolute Gasteiger partial charge is 0.339 e. The van der Waals surface area contributed by atoms with E-state index in [1.165, 1.54) is 11.1 Å². The summed E-state index contributed by atoms with van der Waals surface area (Å²) < 4.78 is 1.75. The number of halogens is 1. The van der Waals surface area contributed by atoms with Crippen LogP contribution < -0.4 is 0 Å². The SMILES string of the molecule is Cc1ccc(-c2ccnc3c2c(C)nn3CC(=O)N2CCN(Cc3ccc(Cl)cc3)CC2)cc1. The summed E-state index contributed by atoms with van der Waals surface area (Å²) in [5.41, 5.74) is 6.32. The fraction of sp³-hybridized carbons (Fsp3) is 0.296. The van der Waals surface area contributed by atoms with Crippen LogP contribution in [0.4, 0.5) is 0 Å². The number of amides is 1. The molecule has 0 bridgehead atoms. The first-order chi connectivity index (χ1) is 16.5. The lowest BCUT2D eigenvalue weighted by Crippen LogP contribution is -2.49. The van der Waals surface area contributed by atoms with Crippen molar-refractivity contribution < 1.29 is 4.79 Å². The van der Waals surface area contributed by atoms with Crippen LogP contribution in [-0.2, 0) is 17.9 Å². The third kappa shape index (κ3) is 4.69. The van der Waals surface area contributed by atoms with E-state index in [-0.39, 0.29) is 12.5 Å². The summed E-state index contributed by atoms with van der Waals surface area (Å²) in [7, 11) is 0. The molecule has 0 atom stereocenters. The van der Waals surface area contributed by atoms with E-state index in [1.807, 2.05) is 30.0 Å². The lowest BCUT2D eigenvalue weighted by molar-refractivity contribution is -0.133. The van der Waals surface area contributed by atoms with Gasteiger partial charge in [-0.2, -0.15) is 5.10 Å². The van der Waals surface area contributed by atoms with Crippen LogP contribution in [0.15, 0.2) is 60.8 Å². The van der Waals surface area contributed by atoms with E-state index < -0.39 is 0 Å². The third-order valence-electron chi connectivity index (χ3n) is 6.50. The molecule has 0 spiro atoms. The molecule has 2 aromatic carbocycles. The second-order valence-electron chi connectivity index (χ2n) is 8.95. The topological polar surface area (TPSA) is 54.3 Å². The van der Waals surface area contributed by atoms with Crippen molar-refractivity contribution in [1.82, 2.24) is 24.6 Å². The highest BCUT2D eigenvalue weighted by Gasteiger charge is 2.23. The highest BCUT2D eigenvalue weighted by molar-refractivity contribution is 6.30. The number of benzene rings is 2. The van der Waals surface area contributed by atoms with Crippen LogP contribution in [-0.4, -0.2) is 56.7 Å². The van der Waals surface area contributed by atoms with Crippen LogP contribution in [0.2, 0.25) is 5.02 Å². The molecule has 2 aromatic heterocycles. The second-order valence-corrected chi connectivity index (χ2v) is 9.39. The first-order valence-electron chi connectivity index (χ1n) is 11.6. The third-order valence-corrected chi connectivity index (χ3v) is 6.75. The summed E-state index contributed by atoms with van der Waals surface area (Å²) in [5.74, 6) is 0.0816. The molecule has 0 aliphatic carbocycles. The summed E-state index contributed by atoms with van der Waals surface area (Å²) in [4.78, 5) is 22.0. The van der Waals surface area contributed by atoms with Gasteiger partial charge in [0.2, 0.25) is 5.91 Å². The summed E-state index contributed by atoms with van der Waals surface area (Å²) >= 11 is 5.99. The molecule has 0 unspecified atom stereocenters. The number of hydrogen-bond acceptors (Lipinski definition) is 4. The molecule has 5 rings (SSSR count). The van der Waals surface area contributed by atoms with Gasteiger partial charge in [0.05, 0.1) is 5.69 Å². The maximum Gasteiger partial charge on any atom is 0.244 e. The Morgan fingerprint density at radius 2 is 1.65 bits per heavy atom. The first-order valence-corrected chi connectivity index (χ1v) is 12.0. The van der Waals surface area contributed by atoms with Crippen molar-refractivity contribution in [3.8, 4) is 11.1 Å². The lowest BCUT2D eigenvalue weighted by Gasteiger charge is -2.34. The Bertz CT molecular complexity index is 1310. The van der Waals surface area contributed by atoms with E-state index in [9.17, 15) is 4.79 Å². The average molecular weight is 474 g/mol. The van der Waals surface area contributed by atoms with Gasteiger partial charge in [-0.1, -0.05) is 53.6 Å². The Morgan fingerprint density at radius 1 is 0.941 bits per heavy atom. The lowest BCUT2D eigenvalue weighted by atomic mass is 10.0. The smallest absolute Gasteiger partial charge is 0.244 e. The number of carbonyl (C=O) groups excluding carboxylic acids is 1. The normalized spacial score (nSPS) is 14.6. The fourth-order valence-corrected chi connectivity index (χ4v) is 4.72. The zero-order valence-electron chi connectivity index (χ0n) is 19.5. The van der Waals surface area contributed by atoms with Gasteiger partial charge in [-0.3, -0.25) is 9.69 Å². The van der Waals surface area contributed by atoms with Crippen molar-refractivity contribution in [2.45, 2.75) is 26.9 Å². The molecule has 1 fully saturated rings. The number of rotatable bonds is 5. The van der Waals surface area contributed by atoms with E-state index in [0.29, 0.717) is 13.1 Å². The van der Waals surface area contributed by atoms with Gasteiger partial charge >= 0.3 is 0 Å². The van der Waals surface area contributed by atoms with Gasteiger partial charge in [0, 0.05) is 49.3 Å². The van der Waals surface area contributed by atoms with Crippen molar-refractivity contribution in [2.24, 2.45) is 0 Å². The molecule has 34 heavy (non-hydrogen) atoms. The van der Waals surface area contributed by atoms with Crippen molar-refractivity contribution >= 4 is 28.5 Å². The highest BCUT2D eigenvalue weighted by Crippen LogP contribution is 2.30. The molecule has 174 valence electrons. The van der Waals surface area contributed by atoms with Crippen LogP contribution >= 0.6 is 11.6 Å². The molecule has 0 N–H and O–H groups in total. The number of aromatic nitrogens is 3. The van der Waals surface area contributed by atoms with Crippen LogP contribution in [0.1, 0.15) is 16.8 Å². The maximum absolute atomic E-state index is 13.1. The average Bonchev–Trinajstić information content (AvgIpc) is 3.17. The van der Waals surface area contributed by atoms with Crippen molar-refractivity contribution in [2.75, 3.05) is 26.2 Å². The Kier molecular flexibility index (Phi) is 6.35. The zero-order valence-corrected chi connectivity index (χ0v) is 20.3. The molecule has 7 heteroatoms. The van der Waals surface area contributed by atoms with E-state index in [1.54, 1.807) is 10.9 Å². The van der Waals surface area contributed by atoms with Gasteiger partial charge in [0.25, 0.3) is 0 Å². The number of nitrogens with zero attached hydrogens (tertiary/aromatic N) is 5. The van der Waals surface area contributed by atoms with Crippen LogP contribution in [0.25, 0.3) is 22.2 Å². The molecule has 4 aromatic rings. The van der Waals surface area contributed by atoms with E-state index in [4.69, 9.17) is 16.7 Å². The molecule has 3 heterocycles. The molecular weight excluding hydrogens is 446 g/mol. The van der Waals surface area contributed by atoms with Gasteiger partial charge in [0.15, 0.2) is 5.65 Å². The van der Waals surface area contributed by atoms with Crippen molar-refractivity contribution in [3.05, 3.63) is 82.6 Å². The fourth-order valence-electron chi connectivity index (χ4n) is 4.60. The Hall–Kier alpha value is -3.22. The summed E-state index contributed by atoms with van der Waals surface area (Å²) in [5, 5.41) is 6.45. The predicted octanol–water partition coefficient (Wildman–Crippen LogP) is 4.71. The summed E-state index contributed by atoms with van der Waals surface area (Å²) in [6.07, 6.45) is 1.80. The van der Waals surface area contributed by atoms with Crippen LogP contribution in [0.5, 0.6) is 0 Å². The number of fused-ring (bicyclic) bond motifs is 1.